The summed E-state index contributed by atoms with van der Waals surface area (Å²) in [5.74, 6) is 1.85. The smallest absolute Gasteiger partial charge is 0.0000471 e. The minimum atomic E-state index is 0.551. The molecule has 0 bridgehead atoms. The quantitative estimate of drug-likeness (QED) is 0.553. The van der Waals surface area contributed by atoms with Crippen LogP contribution in [0.1, 0.15) is 34.6 Å². The molecule has 0 saturated heterocycles. The Kier molecular flexibility index (Phi) is 4.96. The average molecular weight is 166 g/mol. The van der Waals surface area contributed by atoms with Crippen molar-refractivity contribution in [3.8, 4) is 0 Å². The number of allylic oxidation sites excluding steroid dienone is 3. The average Bonchev–Trinajstić information content (AvgIpc) is 1.98. The molecule has 0 aromatic carbocycles. The van der Waals surface area contributed by atoms with Crippen LogP contribution in [0.3, 0.4) is 0 Å². The summed E-state index contributed by atoms with van der Waals surface area (Å²) in [5, 5.41) is 0. The fourth-order valence-corrected chi connectivity index (χ4v) is 1.70. The molecule has 0 saturated carbocycles. The molecule has 12 heavy (non-hydrogen) atoms. The topological polar surface area (TPSA) is 0 Å². The van der Waals surface area contributed by atoms with Gasteiger partial charge in [-0.1, -0.05) is 45.4 Å². The highest BCUT2D eigenvalue weighted by Gasteiger charge is 2.16. The summed E-state index contributed by atoms with van der Waals surface area (Å²) >= 11 is 0. The minimum absolute atomic E-state index is 0.551. The van der Waals surface area contributed by atoms with Crippen LogP contribution in [0.25, 0.3) is 0 Å². The Balaban J connectivity index is 4.58. The van der Waals surface area contributed by atoms with Crippen LogP contribution in [0.15, 0.2) is 24.3 Å². The lowest BCUT2D eigenvalue weighted by atomic mass is 9.82. The molecule has 0 aliphatic carbocycles. The fraction of sp³-hybridized carbons (Fsp3) is 0.667. The Labute approximate surface area is 77.4 Å². The molecule has 0 amide bonds. The second-order valence-corrected chi connectivity index (χ2v) is 3.95. The van der Waals surface area contributed by atoms with Crippen LogP contribution in [0.4, 0.5) is 0 Å². The maximum atomic E-state index is 3.89. The number of hydrogen-bond acceptors (Lipinski definition) is 0. The van der Waals surface area contributed by atoms with Gasteiger partial charge in [0.25, 0.3) is 0 Å². The van der Waals surface area contributed by atoms with Gasteiger partial charge in [0, 0.05) is 0 Å². The monoisotopic (exact) mass is 166 g/mol. The number of hydrogen-bond donors (Lipinski definition) is 0. The van der Waals surface area contributed by atoms with Crippen molar-refractivity contribution >= 4 is 0 Å². The lowest BCUT2D eigenvalue weighted by molar-refractivity contribution is 0.484. The molecule has 0 heterocycles. The normalized spacial score (nSPS) is 15.4. The summed E-state index contributed by atoms with van der Waals surface area (Å²) in [6.07, 6.45) is 4.30. The molecular formula is C12H22. The molecule has 0 aromatic rings. The molecule has 70 valence electrons. The summed E-state index contributed by atoms with van der Waals surface area (Å²) in [7, 11) is 0. The summed E-state index contributed by atoms with van der Waals surface area (Å²) in [6.45, 7) is 15.0. The predicted molar refractivity (Wildman–Crippen MR) is 57.1 cm³/mol. The molecule has 1 unspecified atom stereocenters. The van der Waals surface area contributed by atoms with Gasteiger partial charge >= 0.3 is 0 Å². The zero-order valence-corrected chi connectivity index (χ0v) is 9.09. The maximum absolute atomic E-state index is 3.89. The molecule has 0 radical (unpaired) electrons. The van der Waals surface area contributed by atoms with Crippen LogP contribution in [0.5, 0.6) is 0 Å². The molecule has 0 nitrogen and oxygen atoms in total. The van der Waals surface area contributed by atoms with Crippen LogP contribution >= 0.6 is 0 Å². The molecule has 0 heteroatoms. The first-order chi connectivity index (χ1) is 5.54. The zero-order chi connectivity index (χ0) is 9.72. The Hall–Kier alpha value is -0.520. The predicted octanol–water partition coefficient (Wildman–Crippen LogP) is 4.05. The van der Waals surface area contributed by atoms with E-state index in [4.69, 9.17) is 0 Å². The summed E-state index contributed by atoms with van der Waals surface area (Å²) < 4.78 is 0. The highest BCUT2D eigenvalue weighted by Crippen LogP contribution is 2.27. The van der Waals surface area contributed by atoms with Crippen molar-refractivity contribution in [1.82, 2.24) is 0 Å². The highest BCUT2D eigenvalue weighted by molar-refractivity contribution is 5.14. The van der Waals surface area contributed by atoms with Crippen LogP contribution in [-0.4, -0.2) is 0 Å². The number of rotatable bonds is 4. The van der Waals surface area contributed by atoms with Crippen molar-refractivity contribution in [3.63, 3.8) is 0 Å². The van der Waals surface area contributed by atoms with Gasteiger partial charge in [0.2, 0.25) is 0 Å². The molecule has 0 rings (SSSR count). The van der Waals surface area contributed by atoms with E-state index in [2.05, 4.69) is 53.3 Å². The van der Waals surface area contributed by atoms with Gasteiger partial charge in [-0.05, 0) is 24.7 Å². The summed E-state index contributed by atoms with van der Waals surface area (Å²) in [4.78, 5) is 0. The van der Waals surface area contributed by atoms with Crippen LogP contribution in [0.2, 0.25) is 0 Å². The third kappa shape index (κ3) is 2.84. The van der Waals surface area contributed by atoms with E-state index >= 15 is 0 Å². The second kappa shape index (κ2) is 5.18. The van der Waals surface area contributed by atoms with Crippen molar-refractivity contribution in [2.24, 2.45) is 17.8 Å². The van der Waals surface area contributed by atoms with Gasteiger partial charge in [-0.15, -0.1) is 6.58 Å². The van der Waals surface area contributed by atoms with Gasteiger partial charge in [-0.3, -0.25) is 0 Å². The molecule has 0 fully saturated rings. The van der Waals surface area contributed by atoms with Gasteiger partial charge in [-0.25, -0.2) is 0 Å². The third-order valence-electron chi connectivity index (χ3n) is 2.36. The molecule has 0 N–H and O–H groups in total. The molecule has 0 aromatic heterocycles. The van der Waals surface area contributed by atoms with E-state index in [9.17, 15) is 0 Å². The van der Waals surface area contributed by atoms with Crippen LogP contribution < -0.4 is 0 Å². The van der Waals surface area contributed by atoms with E-state index in [1.54, 1.807) is 0 Å². The Bertz CT molecular complexity index is 161. The standard InChI is InChI=1S/C12H22/c1-7-11(9(3)4)12(8-2)10(5)6/h7-11H,1H2,2-6H3. The SMILES string of the molecule is C=CC(C(=CC)C(C)C)C(C)C. The van der Waals surface area contributed by atoms with E-state index in [-0.39, 0.29) is 0 Å². The van der Waals surface area contributed by atoms with Gasteiger partial charge < -0.3 is 0 Å². The minimum Gasteiger partial charge on any atom is -0.102 e. The fourth-order valence-electron chi connectivity index (χ4n) is 1.70. The first-order valence-corrected chi connectivity index (χ1v) is 4.83. The highest BCUT2D eigenvalue weighted by atomic mass is 14.2. The van der Waals surface area contributed by atoms with Crippen molar-refractivity contribution in [1.29, 1.82) is 0 Å². The van der Waals surface area contributed by atoms with Crippen molar-refractivity contribution < 1.29 is 0 Å². The van der Waals surface area contributed by atoms with Crippen molar-refractivity contribution in [3.05, 3.63) is 24.3 Å². The Morgan fingerprint density at radius 3 is 1.75 bits per heavy atom. The third-order valence-corrected chi connectivity index (χ3v) is 2.36. The first kappa shape index (κ1) is 11.5. The second-order valence-electron chi connectivity index (χ2n) is 3.95. The molecule has 0 aliphatic rings. The van der Waals surface area contributed by atoms with Crippen molar-refractivity contribution in [2.45, 2.75) is 34.6 Å². The van der Waals surface area contributed by atoms with Gasteiger partial charge in [-0.2, -0.15) is 0 Å². The van der Waals surface area contributed by atoms with Crippen molar-refractivity contribution in [2.75, 3.05) is 0 Å². The Morgan fingerprint density at radius 2 is 1.67 bits per heavy atom. The molecule has 0 spiro atoms. The maximum Gasteiger partial charge on any atom is -0.0000471 e. The van der Waals surface area contributed by atoms with Gasteiger partial charge in [0.15, 0.2) is 0 Å². The largest absolute Gasteiger partial charge is 0.102 e. The van der Waals surface area contributed by atoms with Gasteiger partial charge in [0.1, 0.15) is 0 Å². The van der Waals surface area contributed by atoms with Crippen LogP contribution in [-0.2, 0) is 0 Å². The summed E-state index contributed by atoms with van der Waals surface area (Å²) in [5.41, 5.74) is 1.51. The van der Waals surface area contributed by atoms with Gasteiger partial charge in [0.05, 0.1) is 0 Å². The van der Waals surface area contributed by atoms with E-state index in [1.807, 2.05) is 0 Å². The molecule has 0 aliphatic heterocycles. The zero-order valence-electron chi connectivity index (χ0n) is 9.09. The molecule has 1 atom stereocenters. The summed E-state index contributed by atoms with van der Waals surface area (Å²) in [6, 6.07) is 0. The lowest BCUT2D eigenvalue weighted by Gasteiger charge is -2.23. The lowest BCUT2D eigenvalue weighted by Crippen LogP contribution is -2.12. The Morgan fingerprint density at radius 1 is 1.17 bits per heavy atom. The van der Waals surface area contributed by atoms with E-state index in [0.717, 1.165) is 0 Å². The van der Waals surface area contributed by atoms with E-state index in [0.29, 0.717) is 17.8 Å². The van der Waals surface area contributed by atoms with Crippen LogP contribution in [0, 0.1) is 17.8 Å². The molecular weight excluding hydrogens is 144 g/mol. The first-order valence-electron chi connectivity index (χ1n) is 4.83. The van der Waals surface area contributed by atoms with E-state index in [1.165, 1.54) is 5.57 Å². The van der Waals surface area contributed by atoms with E-state index < -0.39 is 0 Å².